The van der Waals surface area contributed by atoms with Gasteiger partial charge in [-0.3, -0.25) is 9.59 Å². The maximum absolute atomic E-state index is 12.1. The fraction of sp³-hybridized carbons (Fsp3) is 0.211. The molecule has 3 aromatic rings. The van der Waals surface area contributed by atoms with E-state index in [0.29, 0.717) is 23.7 Å². The number of carbonyl (C=O) groups is 2. The molecule has 0 unspecified atom stereocenters. The van der Waals surface area contributed by atoms with Crippen LogP contribution in [-0.2, 0) is 22.6 Å². The Bertz CT molecular complexity index is 908. The van der Waals surface area contributed by atoms with Crippen LogP contribution in [0.1, 0.15) is 11.5 Å². The maximum atomic E-state index is 12.1. The van der Waals surface area contributed by atoms with Crippen molar-refractivity contribution < 1.29 is 18.7 Å². The van der Waals surface area contributed by atoms with Gasteiger partial charge in [0.05, 0.1) is 37.8 Å². The number of aromatic nitrogens is 1. The van der Waals surface area contributed by atoms with E-state index in [1.54, 1.807) is 49.8 Å². The molecule has 28 heavy (non-hydrogen) atoms. The third-order valence-corrected chi connectivity index (χ3v) is 5.68. The van der Waals surface area contributed by atoms with Crippen LogP contribution in [0.4, 0.5) is 5.69 Å². The van der Waals surface area contributed by atoms with Crippen LogP contribution in [0.2, 0.25) is 0 Å². The van der Waals surface area contributed by atoms with Crippen molar-refractivity contribution in [2.24, 2.45) is 0 Å². The summed E-state index contributed by atoms with van der Waals surface area (Å²) in [4.78, 5) is 28.4. The van der Waals surface area contributed by atoms with E-state index in [4.69, 9.17) is 9.15 Å². The van der Waals surface area contributed by atoms with E-state index in [2.05, 4.69) is 15.6 Å². The number of amides is 2. The third-order valence-electron chi connectivity index (χ3n) is 3.61. The molecule has 0 saturated carbocycles. The van der Waals surface area contributed by atoms with Gasteiger partial charge in [0, 0.05) is 11.1 Å². The molecule has 1 aromatic carbocycles. The van der Waals surface area contributed by atoms with Gasteiger partial charge in [-0.2, -0.15) is 0 Å². The number of ether oxygens (including phenoxy) is 1. The standard InChI is InChI=1S/C19H19N3O4S2/c1-25-15-6-4-13(5-7-15)21-18(24)12-28-19-22-14(11-27-19)9-17(23)20-10-16-3-2-8-26-16/h2-8,11H,9-10,12H2,1H3,(H,20,23)(H,21,24). The topological polar surface area (TPSA) is 93.5 Å². The highest BCUT2D eigenvalue weighted by molar-refractivity contribution is 8.01. The Morgan fingerprint density at radius 3 is 2.75 bits per heavy atom. The van der Waals surface area contributed by atoms with Gasteiger partial charge < -0.3 is 19.8 Å². The number of hydrogen-bond donors (Lipinski definition) is 2. The summed E-state index contributed by atoms with van der Waals surface area (Å²) < 4.78 is 11.0. The maximum Gasteiger partial charge on any atom is 0.234 e. The number of thioether (sulfide) groups is 1. The third kappa shape index (κ3) is 6.14. The van der Waals surface area contributed by atoms with Crippen LogP contribution in [0.15, 0.2) is 56.8 Å². The second-order valence-electron chi connectivity index (χ2n) is 5.70. The van der Waals surface area contributed by atoms with Crippen molar-refractivity contribution in [2.75, 3.05) is 18.2 Å². The smallest absolute Gasteiger partial charge is 0.234 e. The van der Waals surface area contributed by atoms with Crippen molar-refractivity contribution in [3.63, 3.8) is 0 Å². The Kier molecular flexibility index (Phi) is 7.10. The predicted molar refractivity (Wildman–Crippen MR) is 109 cm³/mol. The number of carbonyl (C=O) groups excluding carboxylic acids is 2. The Balaban J connectivity index is 1.41. The number of methoxy groups -OCH3 is 1. The number of benzene rings is 1. The summed E-state index contributed by atoms with van der Waals surface area (Å²) in [6.45, 7) is 0.350. The van der Waals surface area contributed by atoms with Crippen molar-refractivity contribution in [1.82, 2.24) is 10.3 Å². The van der Waals surface area contributed by atoms with E-state index in [0.717, 1.165) is 10.1 Å². The number of hydrogen-bond acceptors (Lipinski definition) is 7. The molecule has 2 amide bonds. The SMILES string of the molecule is COc1ccc(NC(=O)CSc2nc(CC(=O)NCc3ccco3)cs2)cc1. The molecule has 7 nitrogen and oxygen atoms in total. The normalized spacial score (nSPS) is 10.5. The summed E-state index contributed by atoms with van der Waals surface area (Å²) in [7, 11) is 1.59. The highest BCUT2D eigenvalue weighted by Gasteiger charge is 2.10. The number of thiazole rings is 1. The van der Waals surface area contributed by atoms with Crippen LogP contribution < -0.4 is 15.4 Å². The Morgan fingerprint density at radius 2 is 2.04 bits per heavy atom. The van der Waals surface area contributed by atoms with Gasteiger partial charge in [0.25, 0.3) is 0 Å². The van der Waals surface area contributed by atoms with E-state index in [1.165, 1.54) is 23.1 Å². The Labute approximate surface area is 170 Å². The second kappa shape index (κ2) is 9.95. The molecule has 0 aliphatic rings. The lowest BCUT2D eigenvalue weighted by Gasteiger charge is -2.05. The quantitative estimate of drug-likeness (QED) is 0.519. The lowest BCUT2D eigenvalue weighted by molar-refractivity contribution is -0.120. The summed E-state index contributed by atoms with van der Waals surface area (Å²) in [5, 5.41) is 7.43. The van der Waals surface area contributed by atoms with Gasteiger partial charge in [-0.25, -0.2) is 4.98 Å². The number of nitrogens with zero attached hydrogens (tertiary/aromatic N) is 1. The Morgan fingerprint density at radius 1 is 1.21 bits per heavy atom. The number of nitrogens with one attached hydrogen (secondary N) is 2. The van der Waals surface area contributed by atoms with Crippen LogP contribution in [-0.4, -0.2) is 29.7 Å². The minimum Gasteiger partial charge on any atom is -0.497 e. The van der Waals surface area contributed by atoms with Crippen LogP contribution in [0, 0.1) is 0 Å². The fourth-order valence-corrected chi connectivity index (χ4v) is 3.91. The molecule has 0 bridgehead atoms. The van der Waals surface area contributed by atoms with Crippen LogP contribution in [0.25, 0.3) is 0 Å². The van der Waals surface area contributed by atoms with Crippen LogP contribution in [0.5, 0.6) is 5.75 Å². The zero-order valence-electron chi connectivity index (χ0n) is 15.1. The summed E-state index contributed by atoms with van der Waals surface area (Å²) in [5.41, 5.74) is 1.39. The first kappa shape index (κ1) is 20.0. The lowest BCUT2D eigenvalue weighted by Crippen LogP contribution is -2.24. The molecule has 3 rings (SSSR count). The van der Waals surface area contributed by atoms with Gasteiger partial charge >= 0.3 is 0 Å². The first-order valence-electron chi connectivity index (χ1n) is 8.42. The molecule has 2 heterocycles. The van der Waals surface area contributed by atoms with Crippen molar-refractivity contribution >= 4 is 40.6 Å². The molecule has 0 aliphatic heterocycles. The molecule has 2 aromatic heterocycles. The summed E-state index contributed by atoms with van der Waals surface area (Å²) >= 11 is 2.76. The highest BCUT2D eigenvalue weighted by Crippen LogP contribution is 2.23. The largest absolute Gasteiger partial charge is 0.497 e. The second-order valence-corrected chi connectivity index (χ2v) is 7.78. The van der Waals surface area contributed by atoms with Gasteiger partial charge in [0.15, 0.2) is 4.34 Å². The monoisotopic (exact) mass is 417 g/mol. The molecule has 146 valence electrons. The number of anilines is 1. The van der Waals surface area contributed by atoms with E-state index < -0.39 is 0 Å². The zero-order valence-corrected chi connectivity index (χ0v) is 16.8. The van der Waals surface area contributed by atoms with E-state index >= 15 is 0 Å². The number of rotatable bonds is 9. The Hall–Kier alpha value is -2.78. The molecule has 9 heteroatoms. The molecule has 2 N–H and O–H groups in total. The van der Waals surface area contributed by atoms with Crippen LogP contribution >= 0.6 is 23.1 Å². The minimum atomic E-state index is -0.129. The first-order valence-corrected chi connectivity index (χ1v) is 10.3. The van der Waals surface area contributed by atoms with Gasteiger partial charge in [0.2, 0.25) is 11.8 Å². The molecular weight excluding hydrogens is 398 g/mol. The van der Waals surface area contributed by atoms with Crippen molar-refractivity contribution in [3.05, 3.63) is 59.5 Å². The van der Waals surface area contributed by atoms with E-state index in [-0.39, 0.29) is 24.0 Å². The lowest BCUT2D eigenvalue weighted by atomic mass is 10.3. The van der Waals surface area contributed by atoms with Gasteiger partial charge in [0.1, 0.15) is 11.5 Å². The van der Waals surface area contributed by atoms with Gasteiger partial charge in [-0.05, 0) is 36.4 Å². The van der Waals surface area contributed by atoms with Crippen molar-refractivity contribution in [3.8, 4) is 5.75 Å². The molecule has 0 atom stereocenters. The fourth-order valence-electron chi connectivity index (χ4n) is 2.26. The highest BCUT2D eigenvalue weighted by atomic mass is 32.2. The molecular formula is C19H19N3O4S2. The zero-order chi connectivity index (χ0) is 19.8. The average molecular weight is 418 g/mol. The predicted octanol–water partition coefficient (Wildman–Crippen LogP) is 3.33. The summed E-state index contributed by atoms with van der Waals surface area (Å²) in [5.74, 6) is 1.42. The minimum absolute atomic E-state index is 0.122. The van der Waals surface area contributed by atoms with Gasteiger partial charge in [-0.15, -0.1) is 11.3 Å². The summed E-state index contributed by atoms with van der Waals surface area (Å²) in [6, 6.07) is 10.7. The molecule has 0 spiro atoms. The molecule has 0 saturated heterocycles. The van der Waals surface area contributed by atoms with Gasteiger partial charge in [-0.1, -0.05) is 11.8 Å². The molecule has 0 aliphatic carbocycles. The summed E-state index contributed by atoms with van der Waals surface area (Å²) in [6.07, 6.45) is 1.76. The van der Waals surface area contributed by atoms with E-state index in [9.17, 15) is 9.59 Å². The molecule has 0 radical (unpaired) electrons. The average Bonchev–Trinajstić information content (AvgIpc) is 3.37. The molecule has 0 fully saturated rings. The van der Waals surface area contributed by atoms with Crippen LogP contribution in [0.3, 0.4) is 0 Å². The van der Waals surface area contributed by atoms with E-state index in [1.807, 2.05) is 5.38 Å². The first-order chi connectivity index (χ1) is 13.6. The van der Waals surface area contributed by atoms with Crippen molar-refractivity contribution in [2.45, 2.75) is 17.3 Å². The van der Waals surface area contributed by atoms with Crippen molar-refractivity contribution in [1.29, 1.82) is 0 Å². The number of furan rings is 1.